The molecule has 1 nitrogen and oxygen atoms in total. The predicted molar refractivity (Wildman–Crippen MR) is 47.2 cm³/mol. The quantitative estimate of drug-likeness (QED) is 0.558. The first kappa shape index (κ1) is 8.12. The van der Waals surface area contributed by atoms with Gasteiger partial charge in [-0.15, -0.1) is 0 Å². The summed E-state index contributed by atoms with van der Waals surface area (Å²) in [6, 6.07) is 0. The van der Waals surface area contributed by atoms with Crippen LogP contribution in [0, 0.1) is 0 Å². The Morgan fingerprint density at radius 2 is 2.09 bits per heavy atom. The van der Waals surface area contributed by atoms with Gasteiger partial charge in [0.2, 0.25) is 0 Å². The summed E-state index contributed by atoms with van der Waals surface area (Å²) in [4.78, 5) is 0. The third-order valence-electron chi connectivity index (χ3n) is 2.06. The van der Waals surface area contributed by atoms with Gasteiger partial charge in [-0.25, -0.2) is 0 Å². The van der Waals surface area contributed by atoms with Crippen LogP contribution in [0.4, 0.5) is 0 Å². The fourth-order valence-corrected chi connectivity index (χ4v) is 1.16. The largest absolute Gasteiger partial charge is 0.494 e. The lowest BCUT2D eigenvalue weighted by atomic mass is 10.0. The standard InChI is InChI=1S/C10H14O/c1-7(2)8(3)10-5-6-11-9(10)4/h1,4-6H2,2-3H3/b10-8-. The van der Waals surface area contributed by atoms with E-state index < -0.39 is 0 Å². The molecule has 1 aliphatic heterocycles. The fourth-order valence-electron chi connectivity index (χ4n) is 1.16. The highest BCUT2D eigenvalue weighted by molar-refractivity contribution is 5.40. The van der Waals surface area contributed by atoms with Crippen LogP contribution in [0.2, 0.25) is 0 Å². The Morgan fingerprint density at radius 1 is 1.45 bits per heavy atom. The lowest BCUT2D eigenvalue weighted by Crippen LogP contribution is -1.86. The molecule has 60 valence electrons. The molecule has 0 radical (unpaired) electrons. The van der Waals surface area contributed by atoms with Gasteiger partial charge in [0.05, 0.1) is 6.61 Å². The zero-order valence-corrected chi connectivity index (χ0v) is 7.24. The van der Waals surface area contributed by atoms with Crippen LogP contribution in [0.15, 0.2) is 35.6 Å². The Kier molecular flexibility index (Phi) is 2.18. The second kappa shape index (κ2) is 2.95. The van der Waals surface area contributed by atoms with Crippen molar-refractivity contribution in [2.75, 3.05) is 6.61 Å². The van der Waals surface area contributed by atoms with Gasteiger partial charge < -0.3 is 4.74 Å². The normalized spacial score (nSPS) is 21.5. The first-order chi connectivity index (χ1) is 5.13. The van der Waals surface area contributed by atoms with Crippen molar-refractivity contribution in [3.63, 3.8) is 0 Å². The Morgan fingerprint density at radius 3 is 2.45 bits per heavy atom. The van der Waals surface area contributed by atoms with Crippen molar-refractivity contribution in [1.29, 1.82) is 0 Å². The number of hydrogen-bond donors (Lipinski definition) is 0. The molecule has 1 aliphatic rings. The minimum Gasteiger partial charge on any atom is -0.494 e. The molecule has 0 saturated carbocycles. The Bertz CT molecular complexity index is 233. The predicted octanol–water partition coefficient (Wildman–Crippen LogP) is 2.81. The molecular formula is C10H14O. The van der Waals surface area contributed by atoms with Gasteiger partial charge in [0.25, 0.3) is 0 Å². The number of hydrogen-bond acceptors (Lipinski definition) is 1. The van der Waals surface area contributed by atoms with Crippen LogP contribution in [-0.4, -0.2) is 6.61 Å². The average Bonchev–Trinajstić information content (AvgIpc) is 2.33. The topological polar surface area (TPSA) is 9.23 Å². The van der Waals surface area contributed by atoms with Crippen LogP contribution in [-0.2, 0) is 4.74 Å². The van der Waals surface area contributed by atoms with E-state index in [0.717, 1.165) is 24.4 Å². The number of allylic oxidation sites excluding steroid dienone is 3. The van der Waals surface area contributed by atoms with Gasteiger partial charge in [0.1, 0.15) is 5.76 Å². The fraction of sp³-hybridized carbons (Fsp3) is 0.400. The molecule has 1 fully saturated rings. The van der Waals surface area contributed by atoms with E-state index in [1.54, 1.807) is 0 Å². The molecule has 0 aromatic rings. The van der Waals surface area contributed by atoms with E-state index in [2.05, 4.69) is 20.1 Å². The molecule has 0 bridgehead atoms. The lowest BCUT2D eigenvalue weighted by molar-refractivity contribution is 0.267. The maximum absolute atomic E-state index is 5.24. The van der Waals surface area contributed by atoms with Crippen LogP contribution < -0.4 is 0 Å². The molecule has 1 saturated heterocycles. The number of ether oxygens (including phenoxy) is 1. The molecule has 0 N–H and O–H groups in total. The molecule has 11 heavy (non-hydrogen) atoms. The van der Waals surface area contributed by atoms with Crippen molar-refractivity contribution >= 4 is 0 Å². The molecule has 0 amide bonds. The van der Waals surface area contributed by atoms with Crippen LogP contribution in [0.25, 0.3) is 0 Å². The van der Waals surface area contributed by atoms with Gasteiger partial charge in [-0.05, 0) is 19.4 Å². The van der Waals surface area contributed by atoms with Crippen molar-refractivity contribution in [3.05, 3.63) is 35.6 Å². The number of rotatable bonds is 1. The smallest absolute Gasteiger partial charge is 0.115 e. The maximum Gasteiger partial charge on any atom is 0.115 e. The molecule has 0 atom stereocenters. The molecule has 1 heteroatoms. The maximum atomic E-state index is 5.24. The van der Waals surface area contributed by atoms with E-state index in [4.69, 9.17) is 4.74 Å². The van der Waals surface area contributed by atoms with E-state index in [9.17, 15) is 0 Å². The van der Waals surface area contributed by atoms with E-state index in [-0.39, 0.29) is 0 Å². The second-order valence-electron chi connectivity index (χ2n) is 2.91. The summed E-state index contributed by atoms with van der Waals surface area (Å²) in [6.45, 7) is 12.5. The van der Waals surface area contributed by atoms with Crippen LogP contribution in [0.3, 0.4) is 0 Å². The van der Waals surface area contributed by atoms with Crippen molar-refractivity contribution < 1.29 is 4.74 Å². The monoisotopic (exact) mass is 150 g/mol. The highest BCUT2D eigenvalue weighted by Gasteiger charge is 2.15. The molecule has 0 unspecified atom stereocenters. The van der Waals surface area contributed by atoms with Crippen LogP contribution in [0.1, 0.15) is 20.3 Å². The van der Waals surface area contributed by atoms with Crippen LogP contribution >= 0.6 is 0 Å². The van der Waals surface area contributed by atoms with Gasteiger partial charge in [0.15, 0.2) is 0 Å². The average molecular weight is 150 g/mol. The first-order valence-electron chi connectivity index (χ1n) is 3.80. The second-order valence-corrected chi connectivity index (χ2v) is 2.91. The zero-order valence-electron chi connectivity index (χ0n) is 7.24. The minimum absolute atomic E-state index is 0.777. The highest BCUT2D eigenvalue weighted by atomic mass is 16.5. The summed E-state index contributed by atoms with van der Waals surface area (Å²) >= 11 is 0. The molecule has 0 aliphatic carbocycles. The third kappa shape index (κ3) is 1.53. The molecular weight excluding hydrogens is 136 g/mol. The van der Waals surface area contributed by atoms with E-state index in [0.29, 0.717) is 0 Å². The molecule has 0 aromatic carbocycles. The summed E-state index contributed by atoms with van der Waals surface area (Å²) in [5.74, 6) is 0.825. The van der Waals surface area contributed by atoms with Crippen molar-refractivity contribution in [1.82, 2.24) is 0 Å². The van der Waals surface area contributed by atoms with E-state index >= 15 is 0 Å². The van der Waals surface area contributed by atoms with E-state index in [1.165, 1.54) is 11.1 Å². The summed E-state index contributed by atoms with van der Waals surface area (Å²) in [5, 5.41) is 0. The SMILES string of the molecule is C=C(C)/C(C)=C1/CCOC1=C. The van der Waals surface area contributed by atoms with Gasteiger partial charge >= 0.3 is 0 Å². The van der Waals surface area contributed by atoms with Crippen molar-refractivity contribution in [3.8, 4) is 0 Å². The Balaban J connectivity index is 2.94. The van der Waals surface area contributed by atoms with Crippen molar-refractivity contribution in [2.24, 2.45) is 0 Å². The van der Waals surface area contributed by atoms with Gasteiger partial charge in [-0.3, -0.25) is 0 Å². The zero-order chi connectivity index (χ0) is 8.43. The van der Waals surface area contributed by atoms with Gasteiger partial charge in [-0.1, -0.05) is 18.7 Å². The van der Waals surface area contributed by atoms with Gasteiger partial charge in [0, 0.05) is 12.0 Å². The van der Waals surface area contributed by atoms with E-state index in [1.807, 2.05) is 6.92 Å². The lowest BCUT2D eigenvalue weighted by Gasteiger charge is -2.03. The summed E-state index contributed by atoms with van der Waals surface area (Å²) < 4.78 is 5.24. The van der Waals surface area contributed by atoms with Crippen molar-refractivity contribution in [2.45, 2.75) is 20.3 Å². The molecule has 0 aromatic heterocycles. The summed E-state index contributed by atoms with van der Waals surface area (Å²) in [5.41, 5.74) is 3.57. The third-order valence-corrected chi connectivity index (χ3v) is 2.06. The Labute approximate surface area is 68.1 Å². The van der Waals surface area contributed by atoms with Gasteiger partial charge in [-0.2, -0.15) is 0 Å². The summed E-state index contributed by atoms with van der Waals surface area (Å²) in [7, 11) is 0. The minimum atomic E-state index is 0.777. The Hall–Kier alpha value is -0.980. The summed E-state index contributed by atoms with van der Waals surface area (Å²) in [6.07, 6.45) is 0.984. The molecule has 0 spiro atoms. The highest BCUT2D eigenvalue weighted by Crippen LogP contribution is 2.27. The first-order valence-corrected chi connectivity index (χ1v) is 3.80. The van der Waals surface area contributed by atoms with Crippen LogP contribution in [0.5, 0.6) is 0 Å². The molecule has 1 rings (SSSR count). The molecule has 1 heterocycles.